The van der Waals surface area contributed by atoms with E-state index in [1.54, 1.807) is 0 Å². The molecule has 210 valence electrons. The fourth-order valence-corrected chi connectivity index (χ4v) is 5.78. The molecule has 0 spiro atoms. The van der Waals surface area contributed by atoms with Gasteiger partial charge in [-0.1, -0.05) is 62.2 Å². The normalized spacial score (nSPS) is 23.8. The summed E-state index contributed by atoms with van der Waals surface area (Å²) in [6.07, 6.45) is -0.502. The van der Waals surface area contributed by atoms with Gasteiger partial charge in [-0.25, -0.2) is 8.78 Å². The van der Waals surface area contributed by atoms with E-state index in [0.29, 0.717) is 6.41 Å². The van der Waals surface area contributed by atoms with Crippen molar-refractivity contribution in [2.75, 3.05) is 13.2 Å². The molecule has 0 aliphatic carbocycles. The second kappa shape index (κ2) is 12.2. The standard InChI is InChI=1S/C28H31Cl2F2N3O4/c1-27(2,3)12-22-28(14-33,19-8-7-16(29)11-21(19)31)23(18-5-4-6-20(30)24(18)32)25(35(22)15-37)26(39)34-10-9-17(38)13-36/h4-8,11,15,17,22-23,25,36,38H,9-10,12-13H2,1-3H3,(H,34,39)/t17-,22-,23-,25+,28-/m0/s1. The van der Waals surface area contributed by atoms with Crippen molar-refractivity contribution in [2.24, 2.45) is 5.41 Å². The zero-order valence-electron chi connectivity index (χ0n) is 21.8. The summed E-state index contributed by atoms with van der Waals surface area (Å²) in [5, 5.41) is 32.1. The summed E-state index contributed by atoms with van der Waals surface area (Å²) in [5.74, 6) is -3.85. The fraction of sp³-hybridized carbons (Fsp3) is 0.464. The Labute approximate surface area is 236 Å². The Morgan fingerprint density at radius 2 is 1.97 bits per heavy atom. The Morgan fingerprint density at radius 3 is 2.54 bits per heavy atom. The fourth-order valence-electron chi connectivity index (χ4n) is 5.44. The topological polar surface area (TPSA) is 114 Å². The number of carbonyl (C=O) groups excluding carboxylic acids is 2. The Hall–Kier alpha value is -2.77. The molecule has 1 fully saturated rings. The van der Waals surface area contributed by atoms with Crippen LogP contribution in [-0.4, -0.2) is 58.8 Å². The maximum absolute atomic E-state index is 15.7. The van der Waals surface area contributed by atoms with Crippen LogP contribution in [0.1, 0.15) is 50.7 Å². The minimum atomic E-state index is -1.93. The second-order valence-electron chi connectivity index (χ2n) is 10.9. The maximum atomic E-state index is 15.7. The Morgan fingerprint density at radius 1 is 1.28 bits per heavy atom. The van der Waals surface area contributed by atoms with Gasteiger partial charge in [0, 0.05) is 23.0 Å². The van der Waals surface area contributed by atoms with E-state index in [1.807, 2.05) is 20.8 Å². The van der Waals surface area contributed by atoms with Gasteiger partial charge in [0.1, 0.15) is 23.1 Å². The number of nitrogens with zero attached hydrogens (tertiary/aromatic N) is 2. The summed E-state index contributed by atoms with van der Waals surface area (Å²) in [6, 6.07) is 7.59. The molecule has 2 aromatic rings. The van der Waals surface area contributed by atoms with Crippen molar-refractivity contribution in [1.82, 2.24) is 10.2 Å². The van der Waals surface area contributed by atoms with Crippen LogP contribution in [0.3, 0.4) is 0 Å². The van der Waals surface area contributed by atoms with Crippen LogP contribution >= 0.6 is 23.2 Å². The molecule has 11 heteroatoms. The van der Waals surface area contributed by atoms with E-state index in [4.69, 9.17) is 28.3 Å². The first kappa shape index (κ1) is 30.8. The number of benzene rings is 2. The highest BCUT2D eigenvalue weighted by Crippen LogP contribution is 2.56. The Bertz CT molecular complexity index is 1270. The maximum Gasteiger partial charge on any atom is 0.243 e. The predicted octanol–water partition coefficient (Wildman–Crippen LogP) is 4.32. The van der Waals surface area contributed by atoms with Gasteiger partial charge in [0.25, 0.3) is 0 Å². The smallest absolute Gasteiger partial charge is 0.243 e. The molecule has 0 saturated carbocycles. The number of aliphatic hydroxyl groups is 2. The summed E-state index contributed by atoms with van der Waals surface area (Å²) in [6.45, 7) is 5.02. The molecule has 3 N–H and O–H groups in total. The molecule has 1 saturated heterocycles. The number of amides is 2. The molecule has 7 nitrogen and oxygen atoms in total. The van der Waals surface area contributed by atoms with Crippen molar-refractivity contribution in [2.45, 2.75) is 63.1 Å². The van der Waals surface area contributed by atoms with E-state index in [9.17, 15) is 20.0 Å². The number of rotatable bonds is 9. The molecule has 0 unspecified atom stereocenters. The van der Waals surface area contributed by atoms with Crippen LogP contribution in [0.15, 0.2) is 36.4 Å². The molecule has 3 rings (SSSR count). The first-order valence-electron chi connectivity index (χ1n) is 12.4. The average Bonchev–Trinajstić information content (AvgIpc) is 3.13. The molecule has 0 bridgehead atoms. The molecule has 2 amide bonds. The van der Waals surface area contributed by atoms with Crippen LogP contribution in [0.25, 0.3) is 0 Å². The third-order valence-electron chi connectivity index (χ3n) is 7.07. The minimum Gasteiger partial charge on any atom is -0.394 e. The molecule has 0 aromatic heterocycles. The monoisotopic (exact) mass is 581 g/mol. The molecule has 39 heavy (non-hydrogen) atoms. The summed E-state index contributed by atoms with van der Waals surface area (Å²) in [5.41, 5.74) is -2.70. The lowest BCUT2D eigenvalue weighted by Gasteiger charge is -2.38. The van der Waals surface area contributed by atoms with E-state index < -0.39 is 59.1 Å². The number of hydrogen-bond donors (Lipinski definition) is 3. The quantitative estimate of drug-likeness (QED) is 0.382. The summed E-state index contributed by atoms with van der Waals surface area (Å²) >= 11 is 12.1. The van der Waals surface area contributed by atoms with Crippen molar-refractivity contribution in [3.05, 3.63) is 69.2 Å². The van der Waals surface area contributed by atoms with Gasteiger partial charge < -0.3 is 20.4 Å². The van der Waals surface area contributed by atoms with Crippen molar-refractivity contribution in [1.29, 1.82) is 5.26 Å². The lowest BCUT2D eigenvalue weighted by Crippen LogP contribution is -2.48. The van der Waals surface area contributed by atoms with Crippen LogP contribution in [0.5, 0.6) is 0 Å². The van der Waals surface area contributed by atoms with Crippen molar-refractivity contribution in [3.63, 3.8) is 0 Å². The number of carbonyl (C=O) groups is 2. The highest BCUT2D eigenvalue weighted by atomic mass is 35.5. The third kappa shape index (κ3) is 6.04. The van der Waals surface area contributed by atoms with Crippen LogP contribution in [0, 0.1) is 28.4 Å². The molecule has 0 radical (unpaired) electrons. The molecule has 1 heterocycles. The molecular weight excluding hydrogens is 551 g/mol. The van der Waals surface area contributed by atoms with Gasteiger partial charge in [0.05, 0.1) is 29.8 Å². The van der Waals surface area contributed by atoms with Gasteiger partial charge in [-0.15, -0.1) is 0 Å². The van der Waals surface area contributed by atoms with Crippen molar-refractivity contribution >= 4 is 35.5 Å². The first-order chi connectivity index (χ1) is 18.3. The molecular formula is C28H31Cl2F2N3O4. The molecule has 1 aliphatic heterocycles. The number of likely N-dealkylation sites (tertiary alicyclic amines) is 1. The SMILES string of the molecule is CC(C)(C)C[C@@H]1N(C=O)[C@@H](C(=O)NCC[C@H](O)CO)[C@H](c2cccc(Cl)c2F)[C@@]1(C#N)c1ccc(Cl)cc1F. The van der Waals surface area contributed by atoms with E-state index in [1.165, 1.54) is 30.3 Å². The van der Waals surface area contributed by atoms with Crippen molar-refractivity contribution in [3.8, 4) is 6.07 Å². The van der Waals surface area contributed by atoms with Gasteiger partial charge in [0.2, 0.25) is 12.3 Å². The summed E-state index contributed by atoms with van der Waals surface area (Å²) in [4.78, 5) is 27.6. The highest BCUT2D eigenvalue weighted by Gasteiger charge is 2.64. The number of nitrogens with one attached hydrogen (secondary N) is 1. The summed E-state index contributed by atoms with van der Waals surface area (Å²) < 4.78 is 31.4. The van der Waals surface area contributed by atoms with Gasteiger partial charge in [0.15, 0.2) is 0 Å². The Kier molecular flexibility index (Phi) is 9.60. The predicted molar refractivity (Wildman–Crippen MR) is 143 cm³/mol. The summed E-state index contributed by atoms with van der Waals surface area (Å²) in [7, 11) is 0. The largest absolute Gasteiger partial charge is 0.394 e. The zero-order chi connectivity index (χ0) is 29.1. The number of nitriles is 1. The number of aliphatic hydroxyl groups excluding tert-OH is 2. The van der Waals surface area contributed by atoms with Gasteiger partial charge in [-0.05, 0) is 42.0 Å². The van der Waals surface area contributed by atoms with Crippen LogP contribution in [0.4, 0.5) is 8.78 Å². The first-order valence-corrected chi connectivity index (χ1v) is 13.2. The van der Waals surface area contributed by atoms with Gasteiger partial charge in [-0.2, -0.15) is 5.26 Å². The van der Waals surface area contributed by atoms with Crippen LogP contribution < -0.4 is 5.32 Å². The molecule has 5 atom stereocenters. The third-order valence-corrected chi connectivity index (χ3v) is 7.60. The van der Waals surface area contributed by atoms with Gasteiger partial charge in [-0.3, -0.25) is 9.59 Å². The van der Waals surface area contributed by atoms with E-state index in [-0.39, 0.29) is 40.6 Å². The van der Waals surface area contributed by atoms with E-state index in [0.717, 1.165) is 11.0 Å². The second-order valence-corrected chi connectivity index (χ2v) is 11.8. The van der Waals surface area contributed by atoms with E-state index in [2.05, 4.69) is 11.4 Å². The van der Waals surface area contributed by atoms with E-state index >= 15 is 8.78 Å². The van der Waals surface area contributed by atoms with Crippen LogP contribution in [0.2, 0.25) is 10.0 Å². The molecule has 2 aromatic carbocycles. The van der Waals surface area contributed by atoms with Gasteiger partial charge >= 0.3 is 0 Å². The minimum absolute atomic E-state index is 0.00681. The highest BCUT2D eigenvalue weighted by molar-refractivity contribution is 6.31. The average molecular weight is 582 g/mol. The van der Waals surface area contributed by atoms with Crippen LogP contribution in [-0.2, 0) is 15.0 Å². The lowest BCUT2D eigenvalue weighted by molar-refractivity contribution is -0.133. The number of halogens is 4. The number of hydrogen-bond acceptors (Lipinski definition) is 5. The Balaban J connectivity index is 2.35. The molecule has 1 aliphatic rings. The van der Waals surface area contributed by atoms with Crippen molar-refractivity contribution < 1.29 is 28.6 Å². The zero-order valence-corrected chi connectivity index (χ0v) is 23.3. The lowest BCUT2D eigenvalue weighted by atomic mass is 9.62.